The second-order valence-corrected chi connectivity index (χ2v) is 3.93. The molecule has 0 atom stereocenters. The Bertz CT molecular complexity index is 383. The third-order valence-corrected chi connectivity index (χ3v) is 2.49. The van der Waals surface area contributed by atoms with Gasteiger partial charge in [-0.25, -0.2) is 4.79 Å². The van der Waals surface area contributed by atoms with E-state index in [1.54, 1.807) is 6.92 Å². The van der Waals surface area contributed by atoms with E-state index in [1.807, 2.05) is 6.07 Å². The number of nitrogens with zero attached hydrogens (tertiary/aromatic N) is 1. The summed E-state index contributed by atoms with van der Waals surface area (Å²) < 4.78 is 5.11. The molecule has 1 amide bonds. The zero-order valence-corrected chi connectivity index (χ0v) is 8.91. The summed E-state index contributed by atoms with van der Waals surface area (Å²) in [5.41, 5.74) is 0.341. The summed E-state index contributed by atoms with van der Waals surface area (Å²) in [5.74, 6) is 0. The first-order valence-electron chi connectivity index (χ1n) is 3.80. The largest absolute Gasteiger partial charge is 0.450 e. The van der Waals surface area contributed by atoms with Gasteiger partial charge in [-0.2, -0.15) is 5.26 Å². The van der Waals surface area contributed by atoms with E-state index >= 15 is 0 Å². The molecule has 0 unspecified atom stereocenters. The third-order valence-electron chi connectivity index (χ3n) is 1.31. The van der Waals surface area contributed by atoms with Gasteiger partial charge in [0.25, 0.3) is 0 Å². The van der Waals surface area contributed by atoms with Gasteiger partial charge in [-0.05, 0) is 13.0 Å². The lowest BCUT2D eigenvalue weighted by atomic mass is 10.3. The van der Waals surface area contributed by atoms with Crippen LogP contribution in [0.25, 0.3) is 0 Å². The summed E-state index contributed by atoms with van der Waals surface area (Å²) in [4.78, 5) is 11.0. The molecule has 1 aromatic heterocycles. The van der Waals surface area contributed by atoms with Crippen molar-refractivity contribution in [3.8, 4) is 6.07 Å². The van der Waals surface area contributed by atoms with Crippen LogP contribution in [0.1, 0.15) is 12.5 Å². The minimum Gasteiger partial charge on any atom is -0.450 e. The molecule has 1 rings (SSSR count). The van der Waals surface area contributed by atoms with Gasteiger partial charge in [-0.15, -0.1) is 11.3 Å². The highest BCUT2D eigenvalue weighted by Crippen LogP contribution is 2.31. The molecule has 74 valence electrons. The second kappa shape index (κ2) is 4.84. The predicted molar refractivity (Wildman–Crippen MR) is 54.7 cm³/mol. The molecule has 0 aliphatic rings. The molecule has 0 bridgehead atoms. The Morgan fingerprint density at radius 3 is 3.14 bits per heavy atom. The van der Waals surface area contributed by atoms with Crippen molar-refractivity contribution in [3.63, 3.8) is 0 Å². The van der Waals surface area contributed by atoms with E-state index < -0.39 is 6.09 Å². The van der Waals surface area contributed by atoms with E-state index in [0.717, 1.165) is 11.3 Å². The molecule has 0 aliphatic heterocycles. The molecule has 1 N–H and O–H groups in total. The highest BCUT2D eigenvalue weighted by atomic mass is 35.5. The fraction of sp³-hybridized carbons (Fsp3) is 0.250. The molecule has 0 radical (unpaired) electrons. The number of thiophene rings is 1. The summed E-state index contributed by atoms with van der Waals surface area (Å²) in [6.07, 6.45) is -0.581. The Hall–Kier alpha value is -1.25. The number of rotatable bonds is 2. The van der Waals surface area contributed by atoms with E-state index in [-0.39, 0.29) is 6.61 Å². The maximum atomic E-state index is 11.0. The van der Waals surface area contributed by atoms with E-state index in [4.69, 9.17) is 16.9 Å². The Morgan fingerprint density at radius 2 is 2.57 bits per heavy atom. The molecular formula is C8H7ClN2O2S. The van der Waals surface area contributed by atoms with Crippen molar-refractivity contribution in [2.75, 3.05) is 11.9 Å². The first kappa shape index (κ1) is 10.8. The Morgan fingerprint density at radius 1 is 1.86 bits per heavy atom. The van der Waals surface area contributed by atoms with Gasteiger partial charge < -0.3 is 4.74 Å². The number of carbonyl (C=O) groups excluding carboxylic acids is 1. The third kappa shape index (κ3) is 2.62. The van der Waals surface area contributed by atoms with Crippen molar-refractivity contribution in [1.29, 1.82) is 5.26 Å². The summed E-state index contributed by atoms with van der Waals surface area (Å²) in [5, 5.41) is 11.5. The van der Waals surface area contributed by atoms with E-state index in [9.17, 15) is 4.79 Å². The number of hydrogen-bond donors (Lipinski definition) is 1. The summed E-state index contributed by atoms with van der Waals surface area (Å²) in [7, 11) is 0. The van der Waals surface area contributed by atoms with Gasteiger partial charge in [-0.3, -0.25) is 5.32 Å². The minimum absolute atomic E-state index is 0.285. The summed E-state index contributed by atoms with van der Waals surface area (Å²) in [6.45, 7) is 1.99. The van der Waals surface area contributed by atoms with Crippen molar-refractivity contribution >= 4 is 34.0 Å². The van der Waals surface area contributed by atoms with Crippen LogP contribution in [0.2, 0.25) is 4.34 Å². The molecule has 1 aromatic rings. The van der Waals surface area contributed by atoms with E-state index in [1.165, 1.54) is 6.07 Å². The number of carbonyl (C=O) groups is 1. The van der Waals surface area contributed by atoms with Crippen LogP contribution in [0, 0.1) is 11.3 Å². The summed E-state index contributed by atoms with van der Waals surface area (Å²) >= 11 is 6.80. The molecular weight excluding hydrogens is 224 g/mol. The van der Waals surface area contributed by atoms with Crippen molar-refractivity contribution in [1.82, 2.24) is 0 Å². The number of amides is 1. The Labute approximate surface area is 90.1 Å². The van der Waals surface area contributed by atoms with Crippen molar-refractivity contribution < 1.29 is 9.53 Å². The molecule has 0 saturated heterocycles. The minimum atomic E-state index is -0.581. The maximum Gasteiger partial charge on any atom is 0.412 e. The molecule has 0 spiro atoms. The second-order valence-electron chi connectivity index (χ2n) is 2.25. The molecule has 1 heterocycles. The lowest BCUT2D eigenvalue weighted by Crippen LogP contribution is -2.12. The van der Waals surface area contributed by atoms with Gasteiger partial charge in [0.1, 0.15) is 11.1 Å². The molecule has 0 saturated carbocycles. The van der Waals surface area contributed by atoms with Crippen LogP contribution >= 0.6 is 22.9 Å². The topological polar surface area (TPSA) is 62.1 Å². The fourth-order valence-electron chi connectivity index (χ4n) is 0.797. The maximum absolute atomic E-state index is 11.0. The molecule has 4 nitrogen and oxygen atoms in total. The monoisotopic (exact) mass is 230 g/mol. The molecule has 0 aromatic carbocycles. The number of ether oxygens (including phenoxy) is 1. The highest BCUT2D eigenvalue weighted by Gasteiger charge is 2.10. The van der Waals surface area contributed by atoms with Crippen LogP contribution < -0.4 is 5.32 Å². The lowest BCUT2D eigenvalue weighted by molar-refractivity contribution is 0.168. The van der Waals surface area contributed by atoms with Gasteiger partial charge in [0.05, 0.1) is 16.5 Å². The molecule has 0 aliphatic carbocycles. The van der Waals surface area contributed by atoms with Crippen molar-refractivity contribution in [2.45, 2.75) is 6.92 Å². The molecule has 14 heavy (non-hydrogen) atoms. The zero-order valence-electron chi connectivity index (χ0n) is 7.33. The van der Waals surface area contributed by atoms with Gasteiger partial charge >= 0.3 is 6.09 Å². The summed E-state index contributed by atoms with van der Waals surface area (Å²) in [6, 6.07) is 3.41. The molecule has 0 fully saturated rings. The number of nitrogens with one attached hydrogen (secondary N) is 1. The standard InChI is InChI=1S/C8H7ClN2O2S/c1-2-13-8(12)11-7-5(4-10)3-6(9)14-7/h3H,2H2,1H3,(H,11,12). The smallest absolute Gasteiger partial charge is 0.412 e. The Balaban J connectivity index is 2.76. The normalized spacial score (nSPS) is 9.21. The highest BCUT2D eigenvalue weighted by molar-refractivity contribution is 7.20. The fourth-order valence-corrected chi connectivity index (χ4v) is 1.86. The van der Waals surface area contributed by atoms with Crippen LogP contribution in [-0.4, -0.2) is 12.7 Å². The zero-order chi connectivity index (χ0) is 10.6. The quantitative estimate of drug-likeness (QED) is 0.850. The Kier molecular flexibility index (Phi) is 3.74. The number of halogens is 1. The van der Waals surface area contributed by atoms with Gasteiger partial charge in [-0.1, -0.05) is 11.6 Å². The lowest BCUT2D eigenvalue weighted by Gasteiger charge is -2.01. The van der Waals surface area contributed by atoms with Crippen molar-refractivity contribution in [3.05, 3.63) is 16.0 Å². The van der Waals surface area contributed by atoms with E-state index in [0.29, 0.717) is 14.9 Å². The first-order chi connectivity index (χ1) is 6.67. The number of hydrogen-bond acceptors (Lipinski definition) is 4. The van der Waals surface area contributed by atoms with Crippen LogP contribution in [0.4, 0.5) is 9.80 Å². The van der Waals surface area contributed by atoms with E-state index in [2.05, 4.69) is 10.1 Å². The van der Waals surface area contributed by atoms with Crippen LogP contribution in [0.3, 0.4) is 0 Å². The SMILES string of the molecule is CCOC(=O)Nc1sc(Cl)cc1C#N. The van der Waals surface area contributed by atoms with Gasteiger partial charge in [0.2, 0.25) is 0 Å². The van der Waals surface area contributed by atoms with Crippen LogP contribution in [0.5, 0.6) is 0 Å². The average molecular weight is 231 g/mol. The van der Waals surface area contributed by atoms with Gasteiger partial charge in [0.15, 0.2) is 0 Å². The van der Waals surface area contributed by atoms with Crippen LogP contribution in [-0.2, 0) is 4.74 Å². The van der Waals surface area contributed by atoms with Crippen LogP contribution in [0.15, 0.2) is 6.07 Å². The average Bonchev–Trinajstić information content (AvgIpc) is 2.46. The predicted octanol–water partition coefficient (Wildman–Crippen LogP) is 2.84. The number of nitriles is 1. The van der Waals surface area contributed by atoms with Gasteiger partial charge in [0, 0.05) is 0 Å². The first-order valence-corrected chi connectivity index (χ1v) is 5.00. The molecule has 6 heteroatoms. The van der Waals surface area contributed by atoms with Crippen molar-refractivity contribution in [2.24, 2.45) is 0 Å². The number of anilines is 1.